The third-order valence-electron chi connectivity index (χ3n) is 7.25. The predicted molar refractivity (Wildman–Crippen MR) is 144 cm³/mol. The lowest BCUT2D eigenvalue weighted by Crippen LogP contribution is -1.98. The van der Waals surface area contributed by atoms with Crippen LogP contribution in [-0.4, -0.2) is 10.2 Å². The molecule has 0 saturated carbocycles. The smallest absolute Gasteiger partial charge is 0.226 e. The molecule has 1 aromatic heterocycles. The van der Waals surface area contributed by atoms with Gasteiger partial charge < -0.3 is 0 Å². The highest BCUT2D eigenvalue weighted by atomic mass is 15.1. The molecule has 2 aliphatic rings. The normalized spacial score (nSPS) is 14.8. The van der Waals surface area contributed by atoms with Gasteiger partial charge in [0.1, 0.15) is 5.69 Å². The summed E-state index contributed by atoms with van der Waals surface area (Å²) in [6, 6.07) is 27.7. The van der Waals surface area contributed by atoms with E-state index in [1.54, 1.807) is 0 Å². The van der Waals surface area contributed by atoms with Gasteiger partial charge in [-0.05, 0) is 38.2 Å². The summed E-state index contributed by atoms with van der Waals surface area (Å²) in [6.07, 6.45) is 0. The molecule has 38 heavy (non-hydrogen) atoms. The number of fused-ring (bicyclic) bond motifs is 11. The fourth-order valence-electron chi connectivity index (χ4n) is 5.78. The van der Waals surface area contributed by atoms with E-state index < -0.39 is 0 Å². The fourth-order valence-corrected chi connectivity index (χ4v) is 5.78. The van der Waals surface area contributed by atoms with Crippen LogP contribution in [0, 0.1) is 35.8 Å². The summed E-state index contributed by atoms with van der Waals surface area (Å²) in [4.78, 5) is 7.12. The molecule has 5 aromatic rings. The quantitative estimate of drug-likeness (QED) is 0.170. The molecule has 6 nitrogen and oxygen atoms in total. The van der Waals surface area contributed by atoms with Crippen molar-refractivity contribution in [1.29, 1.82) is 10.5 Å². The topological polar surface area (TPSA) is 82.1 Å². The van der Waals surface area contributed by atoms with Crippen LogP contribution in [-0.2, 0) is 0 Å². The Morgan fingerprint density at radius 3 is 1.71 bits per heavy atom. The van der Waals surface area contributed by atoms with Crippen LogP contribution >= 0.6 is 0 Å². The Balaban J connectivity index is 1.75. The van der Waals surface area contributed by atoms with Gasteiger partial charge in [-0.25, -0.2) is 20.2 Å². The minimum Gasteiger partial charge on any atom is -0.226 e. The van der Waals surface area contributed by atoms with Crippen LogP contribution in [0.25, 0.3) is 64.8 Å². The van der Waals surface area contributed by atoms with Crippen molar-refractivity contribution in [2.24, 2.45) is 0 Å². The van der Waals surface area contributed by atoms with Crippen LogP contribution in [0.15, 0.2) is 84.2 Å². The molecule has 2 aliphatic carbocycles. The summed E-state index contributed by atoms with van der Waals surface area (Å²) in [5.41, 5.74) is 6.27. The highest BCUT2D eigenvalue weighted by molar-refractivity contribution is 6.20. The first-order chi connectivity index (χ1) is 18.7. The summed E-state index contributed by atoms with van der Waals surface area (Å²) in [5, 5.41) is 33.0. The molecule has 0 unspecified atom stereocenters. The van der Waals surface area contributed by atoms with E-state index in [2.05, 4.69) is 26.0 Å². The molecule has 6 heteroatoms. The molecule has 0 radical (unpaired) electrons. The molecule has 0 atom stereocenters. The third-order valence-corrected chi connectivity index (χ3v) is 7.25. The molecule has 0 aliphatic heterocycles. The molecule has 170 valence electrons. The van der Waals surface area contributed by atoms with Gasteiger partial charge in [0.05, 0.1) is 31.0 Å². The van der Waals surface area contributed by atoms with Gasteiger partial charge in [0.2, 0.25) is 0 Å². The monoisotopic (exact) mass is 480 g/mol. The molecule has 0 bridgehead atoms. The van der Waals surface area contributed by atoms with Crippen molar-refractivity contribution in [3.8, 4) is 34.5 Å². The molecule has 1 heterocycles. The van der Waals surface area contributed by atoms with E-state index in [4.69, 9.17) is 13.1 Å². The first-order valence-electron chi connectivity index (χ1n) is 11.7. The van der Waals surface area contributed by atoms with Crippen molar-refractivity contribution in [1.82, 2.24) is 10.2 Å². The van der Waals surface area contributed by atoms with Crippen molar-refractivity contribution >= 4 is 32.7 Å². The number of allylic oxidation sites excluding steroid dienone is 2. The van der Waals surface area contributed by atoms with Gasteiger partial charge in [0, 0.05) is 27.8 Å². The Labute approximate surface area is 217 Å². The van der Waals surface area contributed by atoms with E-state index in [-0.39, 0.29) is 11.4 Å². The van der Waals surface area contributed by atoms with Crippen LogP contribution in [0.5, 0.6) is 0 Å². The van der Waals surface area contributed by atoms with Crippen molar-refractivity contribution in [3.05, 3.63) is 129 Å². The van der Waals surface area contributed by atoms with Crippen molar-refractivity contribution in [2.45, 2.75) is 0 Å². The van der Waals surface area contributed by atoms with Gasteiger partial charge in [-0.15, -0.1) is 5.10 Å². The molecular formula is C32H12N6. The zero-order chi connectivity index (χ0) is 26.0. The molecule has 4 aromatic carbocycles. The second-order valence-electron chi connectivity index (χ2n) is 8.96. The minimum atomic E-state index is -0.0771. The van der Waals surface area contributed by atoms with E-state index in [9.17, 15) is 10.5 Å². The van der Waals surface area contributed by atoms with E-state index in [0.717, 1.165) is 43.8 Å². The predicted octanol–water partition coefficient (Wildman–Crippen LogP) is 7.15. The maximum atomic E-state index is 10.0. The molecule has 0 amide bonds. The van der Waals surface area contributed by atoms with E-state index in [1.165, 1.54) is 0 Å². The van der Waals surface area contributed by atoms with Gasteiger partial charge in [-0.3, -0.25) is 0 Å². The fraction of sp³-hybridized carbons (Fsp3) is 0. The Morgan fingerprint density at radius 1 is 0.579 bits per heavy atom. The number of nitriles is 2. The van der Waals surface area contributed by atoms with Crippen molar-refractivity contribution < 1.29 is 0 Å². The highest BCUT2D eigenvalue weighted by Gasteiger charge is 2.39. The summed E-state index contributed by atoms with van der Waals surface area (Å²) in [5.74, 6) is 0. The number of nitrogens with zero attached hydrogens (tertiary/aromatic N) is 6. The van der Waals surface area contributed by atoms with E-state index in [0.29, 0.717) is 33.7 Å². The van der Waals surface area contributed by atoms with Gasteiger partial charge >= 0.3 is 0 Å². The zero-order valence-corrected chi connectivity index (χ0v) is 19.6. The average molecular weight is 480 g/mol. The number of benzene rings is 4. The Kier molecular flexibility index (Phi) is 4.31. The minimum absolute atomic E-state index is 0.0413. The molecule has 0 fully saturated rings. The second kappa shape index (κ2) is 7.71. The van der Waals surface area contributed by atoms with E-state index >= 15 is 0 Å². The van der Waals surface area contributed by atoms with Crippen LogP contribution in [0.1, 0.15) is 22.4 Å². The van der Waals surface area contributed by atoms with E-state index in [1.807, 2.05) is 78.9 Å². The Morgan fingerprint density at radius 2 is 1.11 bits per heavy atom. The first kappa shape index (κ1) is 21.2. The van der Waals surface area contributed by atoms with Gasteiger partial charge in [-0.1, -0.05) is 72.8 Å². The highest BCUT2D eigenvalue weighted by Crippen LogP contribution is 2.57. The lowest BCUT2D eigenvalue weighted by atomic mass is 9.92. The average Bonchev–Trinajstić information content (AvgIpc) is 3.48. The molecule has 0 spiro atoms. The molecular weight excluding hydrogens is 468 g/mol. The standard InChI is InChI=1S/C32H12N6/c1-35-23(15-33)27-22-14-12-18-8-4-6-10-20(18)26(22)31-30(27)29-25-19-9-5-3-7-17(19)11-13-21(25)28(24(16-34)36-2)32(29)38-37-31/h3-14H/b27-23-,28-24+. The maximum Gasteiger partial charge on any atom is 0.271 e. The zero-order valence-electron chi connectivity index (χ0n) is 19.6. The summed E-state index contributed by atoms with van der Waals surface area (Å²) in [6.45, 7) is 15.5. The van der Waals surface area contributed by atoms with Crippen LogP contribution in [0.2, 0.25) is 0 Å². The maximum absolute atomic E-state index is 10.0. The lowest BCUT2D eigenvalue weighted by Gasteiger charge is -2.11. The first-order valence-corrected chi connectivity index (χ1v) is 11.7. The molecule has 7 rings (SSSR count). The number of rotatable bonds is 0. The van der Waals surface area contributed by atoms with Crippen LogP contribution in [0.4, 0.5) is 0 Å². The SMILES string of the molecule is [C-]#[N+]/C(C#N)=C1/c2ccc3ccccc3c2-c2nnc3c(c21)-c1c(ccc2ccccc12)/C3=C(/C#N)[N+]#[C-]. The molecule has 0 N–H and O–H groups in total. The lowest BCUT2D eigenvalue weighted by molar-refractivity contribution is 1.03. The van der Waals surface area contributed by atoms with Crippen molar-refractivity contribution in [3.63, 3.8) is 0 Å². The third kappa shape index (κ3) is 2.56. The summed E-state index contributed by atoms with van der Waals surface area (Å²) in [7, 11) is 0. The van der Waals surface area contributed by atoms with Crippen LogP contribution in [0.3, 0.4) is 0 Å². The summed E-state index contributed by atoms with van der Waals surface area (Å²) < 4.78 is 0. The molecule has 0 saturated heterocycles. The number of hydrogen-bond acceptors (Lipinski definition) is 4. The Bertz CT molecular complexity index is 2140. The van der Waals surface area contributed by atoms with Gasteiger partial charge in [0.15, 0.2) is 0 Å². The van der Waals surface area contributed by atoms with Gasteiger partial charge in [-0.2, -0.15) is 5.10 Å². The van der Waals surface area contributed by atoms with Crippen molar-refractivity contribution in [2.75, 3.05) is 0 Å². The largest absolute Gasteiger partial charge is 0.271 e. The summed E-state index contributed by atoms with van der Waals surface area (Å²) >= 11 is 0. The number of hydrogen-bond donors (Lipinski definition) is 0. The Hall–Kier alpha value is -6.08. The number of aromatic nitrogens is 2. The van der Waals surface area contributed by atoms with Crippen LogP contribution < -0.4 is 0 Å². The van der Waals surface area contributed by atoms with Gasteiger partial charge in [0.25, 0.3) is 11.4 Å². The second-order valence-corrected chi connectivity index (χ2v) is 8.96.